The lowest BCUT2D eigenvalue weighted by molar-refractivity contribution is -0.384. The molecule has 0 radical (unpaired) electrons. The number of hydrazone groups is 1. The molecule has 0 aliphatic rings. The Morgan fingerprint density at radius 1 is 1.08 bits per heavy atom. The van der Waals surface area contributed by atoms with Crippen LogP contribution in [0.4, 0.5) is 5.69 Å². The lowest BCUT2D eigenvalue weighted by Crippen LogP contribution is -2.33. The van der Waals surface area contributed by atoms with Crippen molar-refractivity contribution >= 4 is 56.8 Å². The van der Waals surface area contributed by atoms with E-state index in [1.54, 1.807) is 24.3 Å². The van der Waals surface area contributed by atoms with E-state index in [0.29, 0.717) is 27.0 Å². The minimum Gasteiger partial charge on any atom is -0.481 e. The molecule has 1 aromatic heterocycles. The first-order valence-electron chi connectivity index (χ1n) is 10.5. The number of non-ortho nitro benzene ring substituents is 1. The third kappa shape index (κ3) is 5.85. The number of nitrogens with one attached hydrogen (secondary N) is 1. The van der Waals surface area contributed by atoms with Crippen LogP contribution in [0.1, 0.15) is 22.2 Å². The number of hydrogen-bond donors (Lipinski definition) is 1. The summed E-state index contributed by atoms with van der Waals surface area (Å²) < 4.78 is 11.8. The van der Waals surface area contributed by atoms with Gasteiger partial charge in [-0.25, -0.2) is 10.2 Å². The van der Waals surface area contributed by atoms with Crippen LogP contribution >= 0.6 is 22.9 Å². The van der Waals surface area contributed by atoms with Crippen molar-refractivity contribution in [3.63, 3.8) is 0 Å². The molecule has 36 heavy (non-hydrogen) atoms. The quantitative estimate of drug-likeness (QED) is 0.105. The lowest BCUT2D eigenvalue weighted by atomic mass is 10.2. The van der Waals surface area contributed by atoms with Crippen molar-refractivity contribution in [3.8, 4) is 11.5 Å². The van der Waals surface area contributed by atoms with E-state index in [2.05, 4.69) is 10.5 Å². The van der Waals surface area contributed by atoms with Gasteiger partial charge in [-0.2, -0.15) is 5.10 Å². The number of esters is 1. The maximum absolute atomic E-state index is 12.7. The Balaban J connectivity index is 1.34. The number of benzene rings is 3. The van der Waals surface area contributed by atoms with Crippen molar-refractivity contribution < 1.29 is 24.0 Å². The Kier molecular flexibility index (Phi) is 7.57. The maximum Gasteiger partial charge on any atom is 0.355 e. The number of hydrogen-bond acceptors (Lipinski definition) is 8. The van der Waals surface area contributed by atoms with E-state index in [1.807, 2.05) is 24.3 Å². The second-order valence-electron chi connectivity index (χ2n) is 7.45. The van der Waals surface area contributed by atoms with E-state index in [1.165, 1.54) is 48.7 Å². The fourth-order valence-electron chi connectivity index (χ4n) is 3.12. The van der Waals surface area contributed by atoms with Crippen LogP contribution in [0.25, 0.3) is 10.1 Å². The molecule has 0 aliphatic carbocycles. The number of carbonyl (C=O) groups is 2. The van der Waals surface area contributed by atoms with Crippen LogP contribution in [0.3, 0.4) is 0 Å². The molecule has 11 heteroatoms. The number of ether oxygens (including phenoxy) is 2. The van der Waals surface area contributed by atoms with Crippen LogP contribution in [0, 0.1) is 10.1 Å². The average molecular weight is 524 g/mol. The predicted molar refractivity (Wildman–Crippen MR) is 137 cm³/mol. The van der Waals surface area contributed by atoms with E-state index in [9.17, 15) is 19.7 Å². The van der Waals surface area contributed by atoms with E-state index < -0.39 is 22.9 Å². The minimum atomic E-state index is -0.901. The van der Waals surface area contributed by atoms with Gasteiger partial charge in [0.25, 0.3) is 11.6 Å². The molecule has 0 bridgehead atoms. The number of fused-ring (bicyclic) bond motifs is 1. The van der Waals surface area contributed by atoms with E-state index in [-0.39, 0.29) is 5.69 Å². The molecule has 1 N–H and O–H groups in total. The van der Waals surface area contributed by atoms with Gasteiger partial charge in [0.05, 0.1) is 16.2 Å². The van der Waals surface area contributed by atoms with E-state index >= 15 is 0 Å². The molecule has 1 atom stereocenters. The summed E-state index contributed by atoms with van der Waals surface area (Å²) in [7, 11) is 0. The number of rotatable bonds is 8. The number of amides is 1. The van der Waals surface area contributed by atoms with Gasteiger partial charge in [-0.05, 0) is 42.8 Å². The van der Waals surface area contributed by atoms with Gasteiger partial charge in [0.1, 0.15) is 16.4 Å². The normalized spacial score (nSPS) is 11.8. The maximum atomic E-state index is 12.7. The lowest BCUT2D eigenvalue weighted by Gasteiger charge is -2.12. The topological polar surface area (TPSA) is 120 Å². The zero-order chi connectivity index (χ0) is 25.7. The van der Waals surface area contributed by atoms with Crippen molar-refractivity contribution in [1.82, 2.24) is 5.43 Å². The van der Waals surface area contributed by atoms with Crippen molar-refractivity contribution in [2.75, 3.05) is 0 Å². The van der Waals surface area contributed by atoms with Gasteiger partial charge in [0.2, 0.25) is 0 Å². The number of nitro groups is 1. The molecule has 0 unspecified atom stereocenters. The second kappa shape index (κ2) is 11.0. The van der Waals surface area contributed by atoms with Gasteiger partial charge >= 0.3 is 5.97 Å². The van der Waals surface area contributed by atoms with Crippen LogP contribution < -0.4 is 14.9 Å². The van der Waals surface area contributed by atoms with Crippen molar-refractivity contribution in [2.24, 2.45) is 5.10 Å². The van der Waals surface area contributed by atoms with Crippen LogP contribution in [-0.2, 0) is 4.79 Å². The van der Waals surface area contributed by atoms with Crippen LogP contribution in [-0.4, -0.2) is 29.1 Å². The van der Waals surface area contributed by atoms with Crippen LogP contribution in [0.5, 0.6) is 11.5 Å². The first-order valence-corrected chi connectivity index (χ1v) is 11.7. The van der Waals surface area contributed by atoms with Crippen molar-refractivity contribution in [2.45, 2.75) is 13.0 Å². The molecule has 4 aromatic rings. The smallest absolute Gasteiger partial charge is 0.355 e. The monoisotopic (exact) mass is 523 g/mol. The van der Waals surface area contributed by atoms with Gasteiger partial charge in [-0.3, -0.25) is 14.9 Å². The highest BCUT2D eigenvalue weighted by molar-refractivity contribution is 7.21. The molecule has 1 amide bonds. The largest absolute Gasteiger partial charge is 0.481 e. The summed E-state index contributed by atoms with van der Waals surface area (Å²) >= 11 is 7.61. The summed E-state index contributed by atoms with van der Waals surface area (Å²) in [6.07, 6.45) is 0.488. The zero-order valence-electron chi connectivity index (χ0n) is 18.7. The molecule has 0 aliphatic heterocycles. The van der Waals surface area contributed by atoms with Gasteiger partial charge in [0.15, 0.2) is 6.10 Å². The first-order chi connectivity index (χ1) is 17.3. The van der Waals surface area contributed by atoms with Gasteiger partial charge in [0, 0.05) is 22.2 Å². The number of thiophene rings is 1. The molecule has 1 heterocycles. The summed E-state index contributed by atoms with van der Waals surface area (Å²) in [5, 5.41) is 15.8. The zero-order valence-corrected chi connectivity index (χ0v) is 20.3. The Bertz CT molecular complexity index is 1470. The molecular weight excluding hydrogens is 506 g/mol. The Labute approximate surface area is 214 Å². The molecule has 0 spiro atoms. The highest BCUT2D eigenvalue weighted by atomic mass is 35.5. The predicted octanol–water partition coefficient (Wildman–Crippen LogP) is 5.60. The van der Waals surface area contributed by atoms with Gasteiger partial charge in [-0.1, -0.05) is 41.9 Å². The highest BCUT2D eigenvalue weighted by Crippen LogP contribution is 2.35. The summed E-state index contributed by atoms with van der Waals surface area (Å²) in [5.41, 5.74) is 2.86. The summed E-state index contributed by atoms with van der Waals surface area (Å²) in [5.74, 6) is -0.494. The summed E-state index contributed by atoms with van der Waals surface area (Å²) in [6, 6.07) is 19.4. The minimum absolute atomic E-state index is 0.0797. The summed E-state index contributed by atoms with van der Waals surface area (Å²) in [4.78, 5) is 35.4. The molecule has 0 fully saturated rings. The Hall–Kier alpha value is -4.28. The molecule has 4 rings (SSSR count). The average Bonchev–Trinajstić information content (AvgIpc) is 3.21. The molecule has 3 aromatic carbocycles. The fraction of sp³-hybridized carbons (Fsp3) is 0.0800. The third-order valence-electron chi connectivity index (χ3n) is 4.91. The number of halogens is 1. The Morgan fingerprint density at radius 2 is 1.83 bits per heavy atom. The van der Waals surface area contributed by atoms with Crippen molar-refractivity contribution in [1.29, 1.82) is 0 Å². The molecule has 0 saturated carbocycles. The molecule has 0 saturated heterocycles. The molecule has 9 nitrogen and oxygen atoms in total. The van der Waals surface area contributed by atoms with E-state index in [4.69, 9.17) is 21.1 Å². The number of carbonyl (C=O) groups excluding carboxylic acids is 2. The molecular formula is C25H18ClN3O6S. The number of nitro benzene ring substituents is 1. The third-order valence-corrected chi connectivity index (χ3v) is 6.56. The van der Waals surface area contributed by atoms with E-state index in [0.717, 1.165) is 10.1 Å². The SMILES string of the molecule is C[C@@H](Oc1ccc([N+](=O)[O-])cc1)C(=O)N/N=C\c1cccc(OC(=O)c2sc3ccccc3c2Cl)c1. The fourth-order valence-corrected chi connectivity index (χ4v) is 4.51. The Morgan fingerprint density at radius 3 is 2.56 bits per heavy atom. The second-order valence-corrected chi connectivity index (χ2v) is 8.88. The van der Waals surface area contributed by atoms with Crippen molar-refractivity contribution in [3.05, 3.63) is 98.4 Å². The number of nitrogens with zero attached hydrogens (tertiary/aromatic N) is 2. The molecule has 182 valence electrons. The van der Waals surface area contributed by atoms with Crippen LogP contribution in [0.2, 0.25) is 5.02 Å². The van der Waals surface area contributed by atoms with Gasteiger partial charge < -0.3 is 9.47 Å². The first kappa shape index (κ1) is 24.8. The standard InChI is InChI=1S/C25H18ClN3O6S/c1-15(34-18-11-9-17(10-12-18)29(32)33)24(30)28-27-14-16-5-4-6-19(13-16)35-25(31)23-22(26)20-7-2-3-8-21(20)36-23/h2-15H,1H3,(H,28,30)/b27-14-/t15-/m1/s1. The summed E-state index contributed by atoms with van der Waals surface area (Å²) in [6.45, 7) is 1.52. The van der Waals surface area contributed by atoms with Crippen LogP contribution in [0.15, 0.2) is 77.9 Å². The van der Waals surface area contributed by atoms with Gasteiger partial charge in [-0.15, -0.1) is 11.3 Å². The highest BCUT2D eigenvalue weighted by Gasteiger charge is 2.19.